The van der Waals surface area contributed by atoms with Crippen LogP contribution in [0.3, 0.4) is 0 Å². The second kappa shape index (κ2) is 28.9. The summed E-state index contributed by atoms with van der Waals surface area (Å²) in [6.45, 7) is 0. The summed E-state index contributed by atoms with van der Waals surface area (Å²) in [4.78, 5) is 25.6. The Labute approximate surface area is 691 Å². The standard InChI is InChI=1S/C56H36N4.C55H35N5/c1-4-15-37(16-5-1)40-19-14-20-41(31-40)50-35-51(58-56(57-50)39-17-6-2-7-18-39)42-28-27-38-29-30-45(33-43(38)32-42)60-53-26-13-11-24-47(53)49-34-48-46-23-10-12-25-52(46)59(54(48)36-55(49)60)44-21-8-3-9-22-44;1-4-15-36(16-5-1)39-19-14-20-40(31-39)54-56-53(38-17-6-2-7-18-38)57-55(58-54)41-28-27-37-29-30-44(33-42(37)32-41)60-50-26-13-11-24-46(50)48-34-47-45-23-10-12-25-49(45)59(51(47)35-52(48)60)43-21-8-3-9-22-43/h1-36H;1-35H. The van der Waals surface area contributed by atoms with E-state index in [1.807, 2.05) is 42.5 Å². The predicted molar refractivity (Wildman–Crippen MR) is 498 cm³/mol. The lowest BCUT2D eigenvalue weighted by atomic mass is 10.00. The number of rotatable bonds is 12. The molecule has 0 spiro atoms. The average Bonchev–Trinajstić information content (AvgIpc) is 1.56. The zero-order valence-corrected chi connectivity index (χ0v) is 65.0. The zero-order valence-electron chi connectivity index (χ0n) is 65.0. The number of aromatic nitrogens is 9. The van der Waals surface area contributed by atoms with Gasteiger partial charge in [-0.25, -0.2) is 24.9 Å². The zero-order chi connectivity index (χ0) is 79.1. The number of fused-ring (bicyclic) bond motifs is 14. The van der Waals surface area contributed by atoms with Gasteiger partial charge >= 0.3 is 0 Å². The highest BCUT2D eigenvalue weighted by atomic mass is 15.0. The molecular weight excluding hydrogens is 1460 g/mol. The highest BCUT2D eigenvalue weighted by Gasteiger charge is 2.23. The van der Waals surface area contributed by atoms with Gasteiger partial charge in [0.2, 0.25) is 0 Å². The van der Waals surface area contributed by atoms with Crippen LogP contribution in [0, 0.1) is 0 Å². The molecule has 0 atom stereocenters. The largest absolute Gasteiger partial charge is 0.309 e. The number of nitrogens with zero attached hydrogens (tertiary/aromatic N) is 9. The first-order chi connectivity index (χ1) is 59.5. The van der Waals surface area contributed by atoms with E-state index in [2.05, 4.69) is 407 Å². The van der Waals surface area contributed by atoms with E-state index >= 15 is 0 Å². The van der Waals surface area contributed by atoms with E-state index in [1.165, 1.54) is 92.7 Å². The maximum absolute atomic E-state index is 5.20. The lowest BCUT2D eigenvalue weighted by Crippen LogP contribution is -2.00. The van der Waals surface area contributed by atoms with Crippen molar-refractivity contribution < 1.29 is 0 Å². The Morgan fingerprint density at radius 1 is 0.133 bits per heavy atom. The topological polar surface area (TPSA) is 84.2 Å². The molecule has 0 N–H and O–H groups in total. The maximum Gasteiger partial charge on any atom is 0.164 e. The lowest BCUT2D eigenvalue weighted by molar-refractivity contribution is 1.07. The molecule has 6 aromatic heterocycles. The van der Waals surface area contributed by atoms with Crippen molar-refractivity contribution in [2.24, 2.45) is 0 Å². The average molecular weight is 1530 g/mol. The predicted octanol–water partition coefficient (Wildman–Crippen LogP) is 28.4. The summed E-state index contributed by atoms with van der Waals surface area (Å²) in [5.41, 5.74) is 26.1. The molecule has 24 aromatic rings. The molecule has 0 saturated heterocycles. The molecule has 9 heteroatoms. The number of benzene rings is 18. The Kier molecular flexibility index (Phi) is 16.7. The van der Waals surface area contributed by atoms with Gasteiger partial charge in [0.1, 0.15) is 0 Å². The van der Waals surface area contributed by atoms with Crippen LogP contribution in [0.1, 0.15) is 0 Å². The summed E-state index contributed by atoms with van der Waals surface area (Å²) >= 11 is 0. The van der Waals surface area contributed by atoms with Crippen molar-refractivity contribution in [3.8, 4) is 113 Å². The fourth-order valence-electron chi connectivity index (χ4n) is 17.9. The second-order valence-electron chi connectivity index (χ2n) is 30.7. The van der Waals surface area contributed by atoms with Crippen LogP contribution < -0.4 is 0 Å². The summed E-state index contributed by atoms with van der Waals surface area (Å²) in [6.07, 6.45) is 0. The SMILES string of the molecule is c1ccc(-c2cccc(-c3cc(-c4ccc5ccc(-n6c7ccccc7c7cc8c9ccccc9n(-c9ccccc9)c8cc76)cc5c4)nc(-c4ccccc4)n3)c2)cc1.c1ccc(-c2cccc(-c3nc(-c4ccccc4)nc(-c4ccc5ccc(-n6c7ccccc7c7cc8c9ccccc9n(-c9ccccc9)c8cc76)cc5c4)n3)c2)cc1. The van der Waals surface area contributed by atoms with Crippen molar-refractivity contribution in [3.05, 3.63) is 431 Å². The third-order valence-corrected chi connectivity index (χ3v) is 23.6. The molecule has 560 valence electrons. The van der Waals surface area contributed by atoms with E-state index in [0.29, 0.717) is 23.3 Å². The van der Waals surface area contributed by atoms with E-state index < -0.39 is 0 Å². The second-order valence-corrected chi connectivity index (χ2v) is 30.7. The molecule has 0 fully saturated rings. The van der Waals surface area contributed by atoms with Crippen molar-refractivity contribution in [3.63, 3.8) is 0 Å². The van der Waals surface area contributed by atoms with Gasteiger partial charge in [-0.15, -0.1) is 0 Å². The van der Waals surface area contributed by atoms with E-state index in [-0.39, 0.29) is 0 Å². The maximum atomic E-state index is 5.20. The van der Waals surface area contributed by atoms with Gasteiger partial charge in [-0.1, -0.05) is 303 Å². The molecule has 0 radical (unpaired) electrons. The molecule has 0 aliphatic heterocycles. The Balaban J connectivity index is 0.000000140. The normalized spacial score (nSPS) is 11.7. The monoisotopic (exact) mass is 1530 g/mol. The van der Waals surface area contributed by atoms with Crippen LogP contribution >= 0.6 is 0 Å². The molecule has 9 nitrogen and oxygen atoms in total. The number of para-hydroxylation sites is 6. The molecule has 24 rings (SSSR count). The quantitative estimate of drug-likeness (QED) is 0.122. The summed E-state index contributed by atoms with van der Waals surface area (Å²) in [6, 6.07) is 153. The molecule has 0 aliphatic carbocycles. The smallest absolute Gasteiger partial charge is 0.164 e. The number of hydrogen-bond donors (Lipinski definition) is 0. The van der Waals surface area contributed by atoms with Crippen LogP contribution in [0.4, 0.5) is 0 Å². The van der Waals surface area contributed by atoms with Gasteiger partial charge in [-0.05, 0) is 171 Å². The summed E-state index contributed by atoms with van der Waals surface area (Å²) in [7, 11) is 0. The highest BCUT2D eigenvalue weighted by molar-refractivity contribution is 6.21. The Bertz CT molecular complexity index is 7650. The van der Waals surface area contributed by atoms with Crippen molar-refractivity contribution in [1.82, 2.24) is 43.2 Å². The first kappa shape index (κ1) is 69.3. The van der Waals surface area contributed by atoms with Crippen LogP contribution in [0.15, 0.2) is 431 Å². The van der Waals surface area contributed by atoms with Crippen molar-refractivity contribution in [2.45, 2.75) is 0 Å². The van der Waals surface area contributed by atoms with Crippen LogP contribution in [0.2, 0.25) is 0 Å². The van der Waals surface area contributed by atoms with Crippen molar-refractivity contribution in [2.75, 3.05) is 0 Å². The molecule has 18 aromatic carbocycles. The molecule has 0 bridgehead atoms. The summed E-state index contributed by atoms with van der Waals surface area (Å²) < 4.78 is 9.64. The molecule has 0 amide bonds. The molecule has 120 heavy (non-hydrogen) atoms. The van der Waals surface area contributed by atoms with E-state index in [1.54, 1.807) is 0 Å². The minimum absolute atomic E-state index is 0.629. The van der Waals surface area contributed by atoms with Gasteiger partial charge in [0.25, 0.3) is 0 Å². The van der Waals surface area contributed by atoms with Gasteiger partial charge < -0.3 is 18.3 Å². The van der Waals surface area contributed by atoms with E-state index in [9.17, 15) is 0 Å². The molecule has 6 heterocycles. The van der Waals surface area contributed by atoms with E-state index in [4.69, 9.17) is 24.9 Å². The van der Waals surface area contributed by atoms with Crippen LogP contribution in [0.25, 0.3) is 222 Å². The molecule has 0 aliphatic rings. The minimum Gasteiger partial charge on any atom is -0.309 e. The van der Waals surface area contributed by atoms with Gasteiger partial charge in [0.15, 0.2) is 23.3 Å². The van der Waals surface area contributed by atoms with Crippen molar-refractivity contribution in [1.29, 1.82) is 0 Å². The first-order valence-electron chi connectivity index (χ1n) is 40.7. The summed E-state index contributed by atoms with van der Waals surface area (Å²) in [5.74, 6) is 2.60. The fourth-order valence-corrected chi connectivity index (χ4v) is 17.9. The van der Waals surface area contributed by atoms with E-state index in [0.717, 1.165) is 106 Å². The Morgan fingerprint density at radius 2 is 0.417 bits per heavy atom. The van der Waals surface area contributed by atoms with Gasteiger partial charge in [-0.2, -0.15) is 0 Å². The third kappa shape index (κ3) is 12.1. The van der Waals surface area contributed by atoms with Crippen LogP contribution in [-0.4, -0.2) is 43.2 Å². The highest BCUT2D eigenvalue weighted by Crippen LogP contribution is 2.44. The third-order valence-electron chi connectivity index (χ3n) is 23.6. The molecule has 0 saturated carbocycles. The van der Waals surface area contributed by atoms with Gasteiger partial charge in [-0.3, -0.25) is 0 Å². The van der Waals surface area contributed by atoms with Gasteiger partial charge in [0.05, 0.1) is 55.5 Å². The molecular formula is C111H71N9. The fraction of sp³-hybridized carbons (Fsp3) is 0. The number of hydrogen-bond acceptors (Lipinski definition) is 5. The molecule has 0 unspecified atom stereocenters. The van der Waals surface area contributed by atoms with Gasteiger partial charge in [0, 0.05) is 99.2 Å². The summed E-state index contributed by atoms with van der Waals surface area (Å²) in [5, 5.41) is 14.5. The van der Waals surface area contributed by atoms with Crippen molar-refractivity contribution >= 4 is 109 Å². The Hall–Kier alpha value is -16.2. The lowest BCUT2D eigenvalue weighted by Gasteiger charge is -2.13. The van der Waals surface area contributed by atoms with Crippen LogP contribution in [0.5, 0.6) is 0 Å². The first-order valence-corrected chi connectivity index (χ1v) is 40.7. The van der Waals surface area contributed by atoms with Crippen LogP contribution in [-0.2, 0) is 0 Å². The minimum atomic E-state index is 0.629. The Morgan fingerprint density at radius 3 is 0.833 bits per heavy atom.